The van der Waals surface area contributed by atoms with Crippen molar-refractivity contribution in [3.63, 3.8) is 0 Å². The van der Waals surface area contributed by atoms with Gasteiger partial charge in [0.15, 0.2) is 0 Å². The Labute approximate surface area is 134 Å². The van der Waals surface area contributed by atoms with Gasteiger partial charge in [-0.15, -0.1) is 0 Å². The van der Waals surface area contributed by atoms with E-state index in [1.165, 1.54) is 14.2 Å². The number of methoxy groups -OCH3 is 2. The number of rotatable bonds is 2. The topological polar surface area (TPSA) is 52.6 Å². The molecular weight excluding hydrogens is 392 g/mol. The molecule has 0 unspecified atom stereocenters. The number of hydrogen-bond acceptors (Lipinski definition) is 4. The van der Waals surface area contributed by atoms with Crippen LogP contribution in [0.2, 0.25) is 0 Å². The van der Waals surface area contributed by atoms with Gasteiger partial charge in [0.2, 0.25) is 0 Å². The highest BCUT2D eigenvalue weighted by atomic mass is 79.9. The molecule has 0 N–H and O–H groups in total. The van der Waals surface area contributed by atoms with Crippen molar-refractivity contribution in [2.24, 2.45) is 35.5 Å². The highest BCUT2D eigenvalue weighted by Gasteiger charge is 2.65. The summed E-state index contributed by atoms with van der Waals surface area (Å²) >= 11 is 7.39. The summed E-state index contributed by atoms with van der Waals surface area (Å²) in [5.41, 5.74) is 0. The molecule has 0 aromatic carbocycles. The molecule has 2 bridgehead atoms. The van der Waals surface area contributed by atoms with Crippen LogP contribution in [0.1, 0.15) is 0 Å². The lowest BCUT2D eigenvalue weighted by molar-refractivity contribution is -0.172. The molecule has 8 atom stereocenters. The lowest BCUT2D eigenvalue weighted by atomic mass is 9.46. The van der Waals surface area contributed by atoms with Gasteiger partial charge in [-0.2, -0.15) is 0 Å². The van der Waals surface area contributed by atoms with E-state index in [1.807, 2.05) is 0 Å². The van der Waals surface area contributed by atoms with Crippen LogP contribution in [0.3, 0.4) is 0 Å². The van der Waals surface area contributed by atoms with Crippen LogP contribution >= 0.6 is 31.9 Å². The molecule has 4 nitrogen and oxygen atoms in total. The summed E-state index contributed by atoms with van der Waals surface area (Å²) in [5, 5.41) is 0. The Morgan fingerprint density at radius 1 is 0.850 bits per heavy atom. The van der Waals surface area contributed by atoms with Gasteiger partial charge in [-0.25, -0.2) is 0 Å². The third kappa shape index (κ3) is 1.76. The number of ether oxygens (including phenoxy) is 2. The van der Waals surface area contributed by atoms with Crippen LogP contribution in [-0.4, -0.2) is 35.8 Å². The molecule has 4 rings (SSSR count). The Hall–Kier alpha value is -0.360. The van der Waals surface area contributed by atoms with Crippen LogP contribution in [0.15, 0.2) is 12.2 Å². The predicted molar refractivity (Wildman–Crippen MR) is 79.5 cm³/mol. The number of fused-ring (bicyclic) bond motifs is 1. The molecule has 4 aliphatic rings. The van der Waals surface area contributed by atoms with Crippen molar-refractivity contribution >= 4 is 43.8 Å². The molecule has 6 heteroatoms. The fraction of sp³-hybridized carbons (Fsp3) is 0.714. The van der Waals surface area contributed by atoms with Crippen molar-refractivity contribution in [1.82, 2.24) is 0 Å². The van der Waals surface area contributed by atoms with E-state index >= 15 is 0 Å². The summed E-state index contributed by atoms with van der Waals surface area (Å²) in [6.45, 7) is 0. The first-order valence-electron chi connectivity index (χ1n) is 6.65. The maximum Gasteiger partial charge on any atom is 0.310 e. The molecule has 4 aliphatic carbocycles. The summed E-state index contributed by atoms with van der Waals surface area (Å²) in [5.74, 6) is -0.641. The van der Waals surface area contributed by atoms with Crippen LogP contribution in [0.5, 0.6) is 0 Å². The lowest BCUT2D eigenvalue weighted by Gasteiger charge is -2.61. The van der Waals surface area contributed by atoms with Gasteiger partial charge in [-0.1, -0.05) is 44.0 Å². The SMILES string of the molecule is COC(=O)[C@H]1[C@@H]2C=C[C@@H]([C@@H]1C(=O)OC)[C@H]1[C@@H](Br)[C@@H](Br)[C@H]21. The Balaban J connectivity index is 2.00. The molecule has 2 saturated carbocycles. The normalized spacial score (nSPS) is 48.2. The van der Waals surface area contributed by atoms with Crippen molar-refractivity contribution < 1.29 is 19.1 Å². The highest BCUT2D eigenvalue weighted by molar-refractivity contribution is 9.12. The second-order valence-corrected chi connectivity index (χ2v) is 7.80. The van der Waals surface area contributed by atoms with Gasteiger partial charge in [0.25, 0.3) is 0 Å². The van der Waals surface area contributed by atoms with E-state index in [1.54, 1.807) is 0 Å². The van der Waals surface area contributed by atoms with Crippen molar-refractivity contribution in [3.05, 3.63) is 12.2 Å². The summed E-state index contributed by atoms with van der Waals surface area (Å²) in [4.78, 5) is 25.0. The van der Waals surface area contributed by atoms with Gasteiger partial charge < -0.3 is 9.47 Å². The van der Waals surface area contributed by atoms with Crippen molar-refractivity contribution in [2.45, 2.75) is 9.65 Å². The minimum Gasteiger partial charge on any atom is -0.469 e. The Kier molecular flexibility index (Phi) is 3.73. The van der Waals surface area contributed by atoms with Crippen LogP contribution in [0.4, 0.5) is 0 Å². The third-order valence-corrected chi connectivity index (χ3v) is 8.16. The van der Waals surface area contributed by atoms with Gasteiger partial charge in [-0.05, 0) is 23.7 Å². The van der Waals surface area contributed by atoms with Crippen molar-refractivity contribution in [1.29, 1.82) is 0 Å². The molecule has 0 aliphatic heterocycles. The lowest BCUT2D eigenvalue weighted by Crippen LogP contribution is -2.66. The number of esters is 2. The summed E-state index contributed by atoms with van der Waals surface area (Å²) < 4.78 is 9.86. The number of alkyl halides is 2. The average molecular weight is 408 g/mol. The molecule has 0 spiro atoms. The van der Waals surface area contributed by atoms with Gasteiger partial charge in [0.05, 0.1) is 26.1 Å². The molecule has 0 aromatic rings. The third-order valence-electron chi connectivity index (χ3n) is 5.09. The zero-order chi connectivity index (χ0) is 14.6. The first kappa shape index (κ1) is 14.6. The summed E-state index contributed by atoms with van der Waals surface area (Å²) in [6, 6.07) is 0. The van der Waals surface area contributed by atoms with Crippen molar-refractivity contribution in [2.75, 3.05) is 14.2 Å². The average Bonchev–Trinajstić information content (AvgIpc) is 2.50. The summed E-state index contributed by atoms with van der Waals surface area (Å²) in [7, 11) is 2.75. The molecular formula is C14H16Br2O4. The van der Waals surface area contributed by atoms with E-state index in [0.717, 1.165) is 0 Å². The van der Waals surface area contributed by atoms with E-state index in [4.69, 9.17) is 9.47 Å². The molecule has 0 radical (unpaired) electrons. The molecule has 0 aromatic heterocycles. The molecule has 0 amide bonds. The van der Waals surface area contributed by atoms with Gasteiger partial charge in [0, 0.05) is 9.65 Å². The fourth-order valence-corrected chi connectivity index (χ4v) is 6.35. The number of halogens is 2. The van der Waals surface area contributed by atoms with E-state index in [2.05, 4.69) is 44.0 Å². The quantitative estimate of drug-likeness (QED) is 0.400. The Bertz CT molecular complexity index is 436. The van der Waals surface area contributed by atoms with Gasteiger partial charge in [0.1, 0.15) is 0 Å². The summed E-state index contributed by atoms with van der Waals surface area (Å²) in [6.07, 6.45) is 4.17. The van der Waals surface area contributed by atoms with E-state index in [9.17, 15) is 9.59 Å². The smallest absolute Gasteiger partial charge is 0.310 e. The maximum absolute atomic E-state index is 12.2. The standard InChI is InChI=1S/C14H16Br2O4/c1-19-13(17)9-5-3-4-6(10(9)14(18)20-2)8-7(5)11(15)12(8)16/h3-12H,1-2H3/t5-,6-,7-,8-,9+,10+,11-,12+/m1/s1. The largest absolute Gasteiger partial charge is 0.469 e. The number of carbonyl (C=O) groups is 2. The number of carbonyl (C=O) groups excluding carboxylic acids is 2. The van der Waals surface area contributed by atoms with E-state index < -0.39 is 11.8 Å². The molecule has 110 valence electrons. The van der Waals surface area contributed by atoms with Gasteiger partial charge >= 0.3 is 11.9 Å². The Morgan fingerprint density at radius 2 is 1.20 bits per heavy atom. The molecule has 0 saturated heterocycles. The fourth-order valence-electron chi connectivity index (χ4n) is 4.23. The van der Waals surface area contributed by atoms with Crippen LogP contribution in [0.25, 0.3) is 0 Å². The van der Waals surface area contributed by atoms with Crippen molar-refractivity contribution in [3.8, 4) is 0 Å². The van der Waals surface area contributed by atoms with Crippen LogP contribution in [-0.2, 0) is 19.1 Å². The van der Waals surface area contributed by atoms with Crippen LogP contribution < -0.4 is 0 Å². The zero-order valence-electron chi connectivity index (χ0n) is 11.2. The monoisotopic (exact) mass is 406 g/mol. The van der Waals surface area contributed by atoms with Gasteiger partial charge in [-0.3, -0.25) is 9.59 Å². The highest BCUT2D eigenvalue weighted by Crippen LogP contribution is 2.63. The molecule has 0 heterocycles. The second kappa shape index (κ2) is 5.13. The molecule has 2 fully saturated rings. The number of allylic oxidation sites excluding steroid dienone is 2. The predicted octanol–water partition coefficient (Wildman–Crippen LogP) is 2.15. The van der Waals surface area contributed by atoms with Crippen LogP contribution in [0, 0.1) is 35.5 Å². The number of hydrogen-bond donors (Lipinski definition) is 0. The zero-order valence-corrected chi connectivity index (χ0v) is 14.3. The second-order valence-electron chi connectivity index (χ2n) is 5.68. The Morgan fingerprint density at radius 3 is 1.50 bits per heavy atom. The minimum atomic E-state index is -0.427. The first-order chi connectivity index (χ1) is 9.52. The minimum absolute atomic E-state index is 0.0414. The van der Waals surface area contributed by atoms with E-state index in [-0.39, 0.29) is 23.8 Å². The maximum atomic E-state index is 12.2. The van der Waals surface area contributed by atoms with E-state index in [0.29, 0.717) is 21.5 Å². The first-order valence-corrected chi connectivity index (χ1v) is 8.48. The molecule has 20 heavy (non-hydrogen) atoms.